The molecule has 3 nitrogen and oxygen atoms in total. The molecule has 0 spiro atoms. The van der Waals surface area contributed by atoms with E-state index in [2.05, 4.69) is 6.92 Å². The van der Waals surface area contributed by atoms with Crippen molar-refractivity contribution < 1.29 is 9.90 Å². The average Bonchev–Trinajstić information content (AvgIpc) is 2.18. The Balaban J connectivity index is 4.24. The molecule has 0 aromatic rings. The first kappa shape index (κ1) is 13.4. The largest absolute Gasteiger partial charge is 0.477 e. The maximum Gasteiger partial charge on any atom is 0.346 e. The molecule has 0 rings (SSSR count). The third kappa shape index (κ3) is 6.50. The summed E-state index contributed by atoms with van der Waals surface area (Å²) in [5.74, 6) is -1.17. The first-order valence-corrected chi connectivity index (χ1v) is 5.12. The molecule has 0 aliphatic carbocycles. The second kappa shape index (κ2) is 7.81. The molecule has 15 heavy (non-hydrogen) atoms. The highest BCUT2D eigenvalue weighted by Gasteiger charge is 2.02. The van der Waals surface area contributed by atoms with Gasteiger partial charge in [-0.25, -0.2) is 4.79 Å². The highest BCUT2D eigenvalue weighted by molar-refractivity contribution is 5.91. The maximum atomic E-state index is 10.5. The number of unbranched alkanes of at least 4 members (excludes halogenated alkanes) is 2. The van der Waals surface area contributed by atoms with Crippen LogP contribution in [-0.2, 0) is 4.79 Å². The van der Waals surface area contributed by atoms with Crippen LogP contribution in [0.15, 0.2) is 23.3 Å². The summed E-state index contributed by atoms with van der Waals surface area (Å²) < 4.78 is 0. The summed E-state index contributed by atoms with van der Waals surface area (Å²) in [6.07, 6.45) is 7.50. The van der Waals surface area contributed by atoms with Gasteiger partial charge >= 0.3 is 5.97 Å². The van der Waals surface area contributed by atoms with E-state index in [9.17, 15) is 4.79 Å². The van der Waals surface area contributed by atoms with Crippen LogP contribution in [0.3, 0.4) is 0 Å². The molecule has 82 valence electrons. The predicted molar refractivity (Wildman–Crippen MR) is 59.2 cm³/mol. The second-order valence-electron chi connectivity index (χ2n) is 3.47. The molecule has 0 bridgehead atoms. The summed E-state index contributed by atoms with van der Waals surface area (Å²) in [6.45, 7) is 4.08. The Morgan fingerprint density at radius 2 is 2.07 bits per heavy atom. The minimum absolute atomic E-state index is 0.218. The van der Waals surface area contributed by atoms with Gasteiger partial charge in [-0.3, -0.25) is 0 Å². The Bertz CT molecular complexity index is 308. The van der Waals surface area contributed by atoms with E-state index >= 15 is 0 Å². The number of hydrogen-bond donors (Lipinski definition) is 1. The molecular weight excluding hydrogens is 190 g/mol. The van der Waals surface area contributed by atoms with Crippen molar-refractivity contribution in [2.45, 2.75) is 39.5 Å². The number of carboxylic acids is 1. The summed E-state index contributed by atoms with van der Waals surface area (Å²) >= 11 is 0. The van der Waals surface area contributed by atoms with Gasteiger partial charge in [-0.05, 0) is 25.8 Å². The van der Waals surface area contributed by atoms with Crippen LogP contribution in [0.5, 0.6) is 0 Å². The van der Waals surface area contributed by atoms with E-state index < -0.39 is 5.97 Å². The van der Waals surface area contributed by atoms with Crippen LogP contribution in [0.4, 0.5) is 0 Å². The predicted octanol–water partition coefficient (Wildman–Crippen LogP) is 3.05. The van der Waals surface area contributed by atoms with Gasteiger partial charge in [0, 0.05) is 0 Å². The van der Waals surface area contributed by atoms with Crippen molar-refractivity contribution in [3.05, 3.63) is 23.3 Å². The number of allylic oxidation sites excluding steroid dienone is 3. The molecule has 1 N–H and O–H groups in total. The fraction of sp³-hybridized carbons (Fsp3) is 0.500. The van der Waals surface area contributed by atoms with Crippen molar-refractivity contribution in [3.63, 3.8) is 0 Å². The Kier molecular flexibility index (Phi) is 7.00. The van der Waals surface area contributed by atoms with E-state index in [0.717, 1.165) is 18.4 Å². The Labute approximate surface area is 90.7 Å². The summed E-state index contributed by atoms with van der Waals surface area (Å²) in [5, 5.41) is 17.1. The topological polar surface area (TPSA) is 61.1 Å². The number of hydrogen-bond acceptors (Lipinski definition) is 2. The monoisotopic (exact) mass is 207 g/mol. The number of nitrogens with zero attached hydrogens (tertiary/aromatic N) is 1. The van der Waals surface area contributed by atoms with Gasteiger partial charge in [0.2, 0.25) is 0 Å². The molecule has 0 aliphatic rings. The van der Waals surface area contributed by atoms with Gasteiger partial charge in [0.05, 0.1) is 0 Å². The number of aliphatic carboxylic acids is 1. The van der Waals surface area contributed by atoms with Crippen LogP contribution in [0.2, 0.25) is 0 Å². The van der Waals surface area contributed by atoms with Gasteiger partial charge in [0.25, 0.3) is 0 Å². The van der Waals surface area contributed by atoms with Gasteiger partial charge in [-0.2, -0.15) is 5.26 Å². The number of rotatable bonds is 6. The van der Waals surface area contributed by atoms with E-state index in [0.29, 0.717) is 0 Å². The van der Waals surface area contributed by atoms with Crippen LogP contribution < -0.4 is 0 Å². The minimum Gasteiger partial charge on any atom is -0.477 e. The highest BCUT2D eigenvalue weighted by Crippen LogP contribution is 2.08. The fourth-order valence-corrected chi connectivity index (χ4v) is 1.12. The molecule has 0 amide bonds. The Morgan fingerprint density at radius 3 is 2.53 bits per heavy atom. The Morgan fingerprint density at radius 1 is 1.40 bits per heavy atom. The van der Waals surface area contributed by atoms with Crippen molar-refractivity contribution in [2.75, 3.05) is 0 Å². The lowest BCUT2D eigenvalue weighted by molar-refractivity contribution is -0.132. The van der Waals surface area contributed by atoms with Crippen molar-refractivity contribution in [1.29, 1.82) is 5.26 Å². The molecular formula is C12H17NO2. The first-order valence-electron chi connectivity index (χ1n) is 5.12. The summed E-state index contributed by atoms with van der Waals surface area (Å²) in [4.78, 5) is 10.5. The van der Waals surface area contributed by atoms with Crippen molar-refractivity contribution >= 4 is 5.97 Å². The molecule has 0 radical (unpaired) electrons. The van der Waals surface area contributed by atoms with Crippen LogP contribution in [0.1, 0.15) is 39.5 Å². The summed E-state index contributed by atoms with van der Waals surface area (Å²) in [6, 6.07) is 1.64. The highest BCUT2D eigenvalue weighted by atomic mass is 16.4. The van der Waals surface area contributed by atoms with Crippen LogP contribution >= 0.6 is 0 Å². The molecule has 0 unspecified atom stereocenters. The molecule has 0 saturated carbocycles. The average molecular weight is 207 g/mol. The number of nitriles is 1. The normalized spacial score (nSPS) is 12.3. The zero-order valence-corrected chi connectivity index (χ0v) is 9.29. The van der Waals surface area contributed by atoms with Gasteiger partial charge < -0.3 is 5.11 Å². The zero-order chi connectivity index (χ0) is 11.7. The molecule has 0 aromatic carbocycles. The standard InChI is InChI=1S/C12H17NO2/c1-3-4-5-6-10(2)7-8-11(9-13)12(14)15/h7-8H,3-6H2,1-2H3,(H,14,15). The fourth-order valence-electron chi connectivity index (χ4n) is 1.12. The molecule has 0 atom stereocenters. The molecule has 3 heteroatoms. The summed E-state index contributed by atoms with van der Waals surface area (Å²) in [7, 11) is 0. The van der Waals surface area contributed by atoms with Gasteiger partial charge in [-0.1, -0.05) is 31.4 Å². The van der Waals surface area contributed by atoms with Gasteiger partial charge in [-0.15, -0.1) is 0 Å². The number of carboxylic acid groups (broad SMARTS) is 1. The Hall–Kier alpha value is -1.56. The van der Waals surface area contributed by atoms with Crippen molar-refractivity contribution in [1.82, 2.24) is 0 Å². The van der Waals surface area contributed by atoms with Crippen molar-refractivity contribution in [2.24, 2.45) is 0 Å². The summed E-state index contributed by atoms with van der Waals surface area (Å²) in [5.41, 5.74) is 0.891. The SMILES string of the molecule is CCCCCC(C)=CC=C(C#N)C(=O)O. The van der Waals surface area contributed by atoms with Crippen LogP contribution in [0, 0.1) is 11.3 Å². The van der Waals surface area contributed by atoms with Crippen molar-refractivity contribution in [3.8, 4) is 6.07 Å². The molecule has 0 heterocycles. The lowest BCUT2D eigenvalue weighted by Gasteiger charge is -1.98. The third-order valence-electron chi connectivity index (χ3n) is 2.06. The van der Waals surface area contributed by atoms with Gasteiger partial charge in [0.15, 0.2) is 0 Å². The third-order valence-corrected chi connectivity index (χ3v) is 2.06. The van der Waals surface area contributed by atoms with E-state index in [4.69, 9.17) is 10.4 Å². The minimum atomic E-state index is -1.17. The molecule has 0 aromatic heterocycles. The van der Waals surface area contributed by atoms with E-state index in [1.54, 1.807) is 12.1 Å². The quantitative estimate of drug-likeness (QED) is 0.315. The van der Waals surface area contributed by atoms with Crippen LogP contribution in [-0.4, -0.2) is 11.1 Å². The number of carbonyl (C=O) groups is 1. The molecule has 0 aliphatic heterocycles. The van der Waals surface area contributed by atoms with E-state index in [1.807, 2.05) is 6.92 Å². The van der Waals surface area contributed by atoms with Gasteiger partial charge in [0.1, 0.15) is 11.6 Å². The smallest absolute Gasteiger partial charge is 0.346 e. The molecule has 0 saturated heterocycles. The zero-order valence-electron chi connectivity index (χ0n) is 9.29. The first-order chi connectivity index (χ1) is 7.11. The van der Waals surface area contributed by atoms with E-state index in [1.165, 1.54) is 18.9 Å². The molecule has 0 fully saturated rings. The maximum absolute atomic E-state index is 10.5. The van der Waals surface area contributed by atoms with Crippen LogP contribution in [0.25, 0.3) is 0 Å². The lowest BCUT2D eigenvalue weighted by Crippen LogP contribution is -1.96. The lowest BCUT2D eigenvalue weighted by atomic mass is 10.1. The second-order valence-corrected chi connectivity index (χ2v) is 3.47. The van der Waals surface area contributed by atoms with E-state index in [-0.39, 0.29) is 5.57 Å².